The van der Waals surface area contributed by atoms with Gasteiger partial charge in [0.1, 0.15) is 6.42 Å². The molecule has 0 atom stereocenters. The Morgan fingerprint density at radius 3 is 0.800 bits per heavy atom. The van der Waals surface area contributed by atoms with Gasteiger partial charge in [0.2, 0.25) is 0 Å². The Bertz CT molecular complexity index is 574. The molecule has 0 aliphatic rings. The Morgan fingerprint density at radius 1 is 0.560 bits per heavy atom. The van der Waals surface area contributed by atoms with Crippen LogP contribution in [0.4, 0.5) is 0 Å². The highest BCUT2D eigenvalue weighted by Gasteiger charge is 2.01. The fraction of sp³-hybridized carbons (Fsp3) is 0.0667. The zero-order valence-electron chi connectivity index (χ0n) is 12.1. The van der Waals surface area contributed by atoms with E-state index >= 15 is 0 Å². The molecule has 0 heterocycles. The van der Waals surface area contributed by atoms with Crippen LogP contribution in [0.2, 0.25) is 30.1 Å². The van der Waals surface area contributed by atoms with Crippen molar-refractivity contribution in [3.8, 4) is 0 Å². The largest absolute Gasteiger partial charge is 0.481 e. The summed E-state index contributed by atoms with van der Waals surface area (Å²) in [5.41, 5.74) is 0. The van der Waals surface area contributed by atoms with Crippen molar-refractivity contribution in [2.24, 2.45) is 0 Å². The van der Waals surface area contributed by atoms with Crippen LogP contribution in [0.15, 0.2) is 36.4 Å². The molecule has 0 fully saturated rings. The molecule has 0 saturated carbocycles. The van der Waals surface area contributed by atoms with Gasteiger partial charge in [-0.1, -0.05) is 69.6 Å². The lowest BCUT2D eigenvalue weighted by atomic mass is 10.4. The summed E-state index contributed by atoms with van der Waals surface area (Å²) in [6.45, 7) is 0. The molecule has 0 saturated heterocycles. The first-order valence-corrected chi connectivity index (χ1v) is 8.43. The zero-order chi connectivity index (χ0) is 19.6. The van der Waals surface area contributed by atoms with E-state index in [-0.39, 0.29) is 0 Å². The van der Waals surface area contributed by atoms with Crippen LogP contribution in [0.25, 0.3) is 0 Å². The van der Waals surface area contributed by atoms with Crippen LogP contribution in [0.3, 0.4) is 0 Å². The van der Waals surface area contributed by atoms with Crippen molar-refractivity contribution in [2.45, 2.75) is 6.42 Å². The Kier molecular flexibility index (Phi) is 12.0. The first kappa shape index (κ1) is 24.1. The maximum Gasteiger partial charge on any atom is 0.314 e. The van der Waals surface area contributed by atoms with Crippen molar-refractivity contribution >= 4 is 81.5 Å². The molecule has 0 bridgehead atoms. The minimum atomic E-state index is -1.31. The Hall–Kier alpha value is -0.880. The third-order valence-electron chi connectivity index (χ3n) is 1.96. The molecule has 0 radical (unpaired) electrons. The van der Waals surface area contributed by atoms with Crippen LogP contribution in [0, 0.1) is 0 Å². The van der Waals surface area contributed by atoms with Gasteiger partial charge in [-0.25, -0.2) is 0 Å². The summed E-state index contributed by atoms with van der Waals surface area (Å²) in [4.78, 5) is 18.9. The predicted octanol–water partition coefficient (Wildman–Crippen LogP) is 6.84. The molecule has 136 valence electrons. The molecule has 2 N–H and O–H groups in total. The number of benzene rings is 2. The number of hydrogen-bond donors (Lipinski definition) is 2. The van der Waals surface area contributed by atoms with E-state index in [9.17, 15) is 9.59 Å². The average Bonchev–Trinajstić information content (AvgIpc) is 2.34. The SMILES string of the molecule is Clc1cc(Cl)cc(Cl)c1.Clc1cc(Cl)cc(Cl)c1.O=C(O)CC(=O)O. The van der Waals surface area contributed by atoms with Crippen LogP contribution >= 0.6 is 69.6 Å². The highest BCUT2D eigenvalue weighted by atomic mass is 35.5. The van der Waals surface area contributed by atoms with Gasteiger partial charge in [-0.2, -0.15) is 0 Å². The van der Waals surface area contributed by atoms with Gasteiger partial charge in [-0.05, 0) is 36.4 Å². The van der Waals surface area contributed by atoms with Crippen molar-refractivity contribution in [2.75, 3.05) is 0 Å². The van der Waals surface area contributed by atoms with Crippen molar-refractivity contribution in [1.82, 2.24) is 0 Å². The summed E-state index contributed by atoms with van der Waals surface area (Å²) >= 11 is 33.5. The number of carbonyl (C=O) groups is 2. The summed E-state index contributed by atoms with van der Waals surface area (Å²) in [6, 6.07) is 9.80. The number of carboxylic acid groups (broad SMARTS) is 2. The van der Waals surface area contributed by atoms with E-state index in [0.29, 0.717) is 30.1 Å². The maximum atomic E-state index is 9.43. The van der Waals surface area contributed by atoms with Crippen LogP contribution in [-0.2, 0) is 9.59 Å². The Labute approximate surface area is 173 Å². The summed E-state index contributed by atoms with van der Waals surface area (Å²) < 4.78 is 0. The molecule has 25 heavy (non-hydrogen) atoms. The fourth-order valence-corrected chi connectivity index (χ4v) is 2.92. The monoisotopic (exact) mass is 464 g/mol. The van der Waals surface area contributed by atoms with Crippen LogP contribution < -0.4 is 0 Å². The summed E-state index contributed by atoms with van der Waals surface area (Å²) in [5.74, 6) is -2.62. The number of hydrogen-bond acceptors (Lipinski definition) is 2. The molecule has 0 unspecified atom stereocenters. The van der Waals surface area contributed by atoms with Gasteiger partial charge in [-0.15, -0.1) is 0 Å². The second-order valence-corrected chi connectivity index (χ2v) is 6.76. The van der Waals surface area contributed by atoms with Gasteiger partial charge in [0, 0.05) is 30.1 Å². The van der Waals surface area contributed by atoms with E-state index in [1.165, 1.54) is 0 Å². The minimum absolute atomic E-state index is 0.563. The lowest BCUT2D eigenvalue weighted by Crippen LogP contribution is -2.03. The van der Waals surface area contributed by atoms with Gasteiger partial charge >= 0.3 is 11.9 Å². The normalized spacial score (nSPS) is 9.20. The summed E-state index contributed by atoms with van der Waals surface area (Å²) in [5, 5.41) is 18.8. The average molecular weight is 467 g/mol. The fourth-order valence-electron chi connectivity index (χ4n) is 1.17. The maximum absolute atomic E-state index is 9.43. The topological polar surface area (TPSA) is 74.6 Å². The molecule has 0 aromatic heterocycles. The van der Waals surface area contributed by atoms with E-state index in [1.807, 2.05) is 0 Å². The molecule has 4 nitrogen and oxygen atoms in total. The molecule has 0 aliphatic carbocycles. The number of rotatable bonds is 2. The van der Waals surface area contributed by atoms with Crippen LogP contribution in [0.1, 0.15) is 6.42 Å². The third kappa shape index (κ3) is 14.0. The predicted molar refractivity (Wildman–Crippen MR) is 103 cm³/mol. The smallest absolute Gasteiger partial charge is 0.314 e. The van der Waals surface area contributed by atoms with E-state index < -0.39 is 18.4 Å². The van der Waals surface area contributed by atoms with Crippen molar-refractivity contribution < 1.29 is 19.8 Å². The molecular weight excluding hydrogens is 457 g/mol. The molecule has 0 amide bonds. The number of halogens is 6. The second-order valence-electron chi connectivity index (χ2n) is 4.14. The second kappa shape index (κ2) is 12.5. The van der Waals surface area contributed by atoms with Crippen LogP contribution in [0.5, 0.6) is 0 Å². The zero-order valence-corrected chi connectivity index (χ0v) is 16.7. The van der Waals surface area contributed by atoms with Gasteiger partial charge in [0.25, 0.3) is 0 Å². The highest BCUT2D eigenvalue weighted by Crippen LogP contribution is 2.22. The summed E-state index contributed by atoms with van der Waals surface area (Å²) in [6.07, 6.45) is -0.806. The molecular formula is C15H10Cl6O4. The standard InChI is InChI=1S/2C6H3Cl3.C3H4O4/c2*7-4-1-5(8)3-6(9)2-4;4-2(5)1-3(6)7/h2*1-3H;1H2,(H,4,5)(H,6,7). The van der Waals surface area contributed by atoms with Gasteiger partial charge in [-0.3, -0.25) is 9.59 Å². The van der Waals surface area contributed by atoms with Gasteiger partial charge in [0.15, 0.2) is 0 Å². The molecule has 10 heteroatoms. The van der Waals surface area contributed by atoms with Crippen molar-refractivity contribution in [3.63, 3.8) is 0 Å². The van der Waals surface area contributed by atoms with E-state index in [0.717, 1.165) is 0 Å². The van der Waals surface area contributed by atoms with Gasteiger partial charge < -0.3 is 10.2 Å². The Balaban J connectivity index is 0.000000350. The van der Waals surface area contributed by atoms with E-state index in [4.69, 9.17) is 79.8 Å². The minimum Gasteiger partial charge on any atom is -0.481 e. The van der Waals surface area contributed by atoms with E-state index in [1.54, 1.807) is 36.4 Å². The highest BCUT2D eigenvalue weighted by molar-refractivity contribution is 6.38. The quantitative estimate of drug-likeness (QED) is 0.475. The lowest BCUT2D eigenvalue weighted by Gasteiger charge is -1.91. The van der Waals surface area contributed by atoms with Gasteiger partial charge in [0.05, 0.1) is 0 Å². The van der Waals surface area contributed by atoms with Crippen molar-refractivity contribution in [1.29, 1.82) is 0 Å². The molecule has 2 aromatic carbocycles. The first-order valence-electron chi connectivity index (χ1n) is 6.16. The first-order chi connectivity index (χ1) is 11.5. The molecule has 2 aromatic rings. The lowest BCUT2D eigenvalue weighted by molar-refractivity contribution is -0.147. The number of carboxylic acids is 2. The van der Waals surface area contributed by atoms with Crippen LogP contribution in [-0.4, -0.2) is 22.2 Å². The Morgan fingerprint density at radius 2 is 0.720 bits per heavy atom. The third-order valence-corrected chi connectivity index (χ3v) is 3.27. The van der Waals surface area contributed by atoms with Crippen molar-refractivity contribution in [3.05, 3.63) is 66.5 Å². The number of aliphatic carboxylic acids is 2. The molecule has 0 aliphatic heterocycles. The van der Waals surface area contributed by atoms with E-state index in [2.05, 4.69) is 0 Å². The summed E-state index contributed by atoms with van der Waals surface area (Å²) in [7, 11) is 0. The molecule has 0 spiro atoms. The molecule has 2 rings (SSSR count).